The van der Waals surface area contributed by atoms with Gasteiger partial charge < -0.3 is 10.1 Å². The first-order valence-electron chi connectivity index (χ1n) is 7.61. The molecule has 2 aromatic heterocycles. The number of pyridine rings is 1. The largest absolute Gasteiger partial charge is 0.477 e. The van der Waals surface area contributed by atoms with E-state index in [0.29, 0.717) is 23.2 Å². The number of nitrogens with zero attached hydrogens (tertiary/aromatic N) is 2. The molecule has 0 unspecified atom stereocenters. The Hall–Kier alpha value is -1.66. The molecule has 5 nitrogen and oxygen atoms in total. The van der Waals surface area contributed by atoms with Crippen LogP contribution in [0, 0.1) is 12.8 Å². The van der Waals surface area contributed by atoms with E-state index in [9.17, 15) is 4.79 Å². The van der Waals surface area contributed by atoms with Crippen molar-refractivity contribution in [1.82, 2.24) is 15.3 Å². The van der Waals surface area contributed by atoms with Gasteiger partial charge in [-0.3, -0.25) is 4.79 Å². The molecule has 0 saturated heterocycles. The van der Waals surface area contributed by atoms with Crippen molar-refractivity contribution in [3.63, 3.8) is 0 Å². The zero-order valence-electron chi connectivity index (χ0n) is 13.0. The lowest BCUT2D eigenvalue weighted by Crippen LogP contribution is -2.30. The third-order valence-corrected chi connectivity index (χ3v) is 4.84. The number of amides is 1. The van der Waals surface area contributed by atoms with Crippen LogP contribution < -0.4 is 10.1 Å². The van der Waals surface area contributed by atoms with E-state index >= 15 is 0 Å². The Morgan fingerprint density at radius 2 is 2.30 bits per heavy atom. The second-order valence-corrected chi connectivity index (χ2v) is 7.17. The zero-order valence-corrected chi connectivity index (χ0v) is 14.6. The summed E-state index contributed by atoms with van der Waals surface area (Å²) in [6, 6.07) is 3.19. The van der Waals surface area contributed by atoms with Gasteiger partial charge >= 0.3 is 0 Å². The number of aromatic nitrogens is 2. The maximum absolute atomic E-state index is 12.7. The molecule has 23 heavy (non-hydrogen) atoms. The zero-order chi connectivity index (χ0) is 16.4. The van der Waals surface area contributed by atoms with E-state index in [1.807, 2.05) is 20.0 Å². The van der Waals surface area contributed by atoms with Gasteiger partial charge in [-0.1, -0.05) is 11.6 Å². The number of aryl methyl sites for hydroxylation is 1. The van der Waals surface area contributed by atoms with Gasteiger partial charge in [0.25, 0.3) is 5.91 Å². The van der Waals surface area contributed by atoms with Crippen molar-refractivity contribution in [2.45, 2.75) is 32.7 Å². The SMILES string of the molecule is CCOc1nc(Cl)ccc1C(=O)N[C@H](c1ncc(C)s1)C1CC1. The van der Waals surface area contributed by atoms with E-state index in [2.05, 4.69) is 15.3 Å². The van der Waals surface area contributed by atoms with Gasteiger partial charge in [0.05, 0.1) is 12.6 Å². The van der Waals surface area contributed by atoms with Gasteiger partial charge in [0.1, 0.15) is 15.7 Å². The number of thiazole rings is 1. The standard InChI is InChI=1S/C16H18ClN3O2S/c1-3-22-15-11(6-7-12(17)19-15)14(21)20-13(10-4-5-10)16-18-8-9(2)23-16/h6-8,10,13H,3-5H2,1-2H3,(H,20,21)/t13-/m0/s1. The minimum absolute atomic E-state index is 0.0497. The predicted molar refractivity (Wildman–Crippen MR) is 90.2 cm³/mol. The fourth-order valence-electron chi connectivity index (χ4n) is 2.38. The quantitative estimate of drug-likeness (QED) is 0.804. The second-order valence-electron chi connectivity index (χ2n) is 5.52. The summed E-state index contributed by atoms with van der Waals surface area (Å²) in [5.41, 5.74) is 0.398. The Kier molecular flexibility index (Phi) is 4.82. The lowest BCUT2D eigenvalue weighted by Gasteiger charge is -2.17. The van der Waals surface area contributed by atoms with Crippen LogP contribution in [-0.4, -0.2) is 22.5 Å². The number of halogens is 1. The highest BCUT2D eigenvalue weighted by Crippen LogP contribution is 2.42. The molecule has 1 aliphatic rings. The highest BCUT2D eigenvalue weighted by atomic mass is 35.5. The van der Waals surface area contributed by atoms with Gasteiger partial charge in [0.2, 0.25) is 5.88 Å². The van der Waals surface area contributed by atoms with Gasteiger partial charge in [-0.05, 0) is 44.7 Å². The Bertz CT molecular complexity index is 715. The van der Waals surface area contributed by atoms with Gasteiger partial charge in [-0.25, -0.2) is 9.97 Å². The van der Waals surface area contributed by atoms with E-state index in [4.69, 9.17) is 16.3 Å². The molecule has 0 bridgehead atoms. The van der Waals surface area contributed by atoms with E-state index in [-0.39, 0.29) is 17.8 Å². The first-order chi connectivity index (χ1) is 11.1. The van der Waals surface area contributed by atoms with E-state index in [0.717, 1.165) is 22.7 Å². The molecule has 1 fully saturated rings. The van der Waals surface area contributed by atoms with Crippen molar-refractivity contribution in [1.29, 1.82) is 0 Å². The number of rotatable bonds is 6. The Labute approximate surface area is 144 Å². The summed E-state index contributed by atoms with van der Waals surface area (Å²) < 4.78 is 5.44. The summed E-state index contributed by atoms with van der Waals surface area (Å²) in [6.07, 6.45) is 4.07. The highest BCUT2D eigenvalue weighted by Gasteiger charge is 2.35. The molecule has 1 amide bonds. The van der Waals surface area contributed by atoms with Crippen molar-refractivity contribution in [3.05, 3.63) is 38.9 Å². The van der Waals surface area contributed by atoms with E-state index in [1.165, 1.54) is 0 Å². The fraction of sp³-hybridized carbons (Fsp3) is 0.438. The molecule has 2 aromatic rings. The first kappa shape index (κ1) is 16.2. The normalized spacial score (nSPS) is 15.3. The molecular formula is C16H18ClN3O2S. The van der Waals surface area contributed by atoms with Crippen LogP contribution in [0.4, 0.5) is 0 Å². The lowest BCUT2D eigenvalue weighted by atomic mass is 10.1. The third-order valence-electron chi connectivity index (χ3n) is 3.64. The van der Waals surface area contributed by atoms with E-state index < -0.39 is 0 Å². The average Bonchev–Trinajstić information content (AvgIpc) is 3.26. The second kappa shape index (κ2) is 6.84. The van der Waals surface area contributed by atoms with Crippen molar-refractivity contribution in [3.8, 4) is 5.88 Å². The minimum Gasteiger partial charge on any atom is -0.477 e. The van der Waals surface area contributed by atoms with Gasteiger partial charge in [-0.15, -0.1) is 11.3 Å². The van der Waals surface area contributed by atoms with Crippen LogP contribution in [-0.2, 0) is 0 Å². The molecular weight excluding hydrogens is 334 g/mol. The van der Waals surface area contributed by atoms with Crippen LogP contribution in [0.2, 0.25) is 5.15 Å². The minimum atomic E-state index is -0.206. The summed E-state index contributed by atoms with van der Waals surface area (Å²) in [5.74, 6) is 0.519. The predicted octanol–water partition coefficient (Wildman–Crippen LogP) is 3.78. The van der Waals surface area contributed by atoms with Crippen molar-refractivity contribution in [2.75, 3.05) is 6.61 Å². The monoisotopic (exact) mass is 351 g/mol. The number of ether oxygens (including phenoxy) is 1. The van der Waals surface area contributed by atoms with Crippen molar-refractivity contribution in [2.24, 2.45) is 5.92 Å². The summed E-state index contributed by atoms with van der Waals surface area (Å²) >= 11 is 7.52. The smallest absolute Gasteiger partial charge is 0.257 e. The molecule has 7 heteroatoms. The van der Waals surface area contributed by atoms with Gasteiger partial charge in [-0.2, -0.15) is 0 Å². The molecule has 2 heterocycles. The lowest BCUT2D eigenvalue weighted by molar-refractivity contribution is 0.0927. The summed E-state index contributed by atoms with van der Waals surface area (Å²) in [4.78, 5) is 22.3. The molecule has 1 N–H and O–H groups in total. The number of nitrogens with one attached hydrogen (secondary N) is 1. The molecule has 122 valence electrons. The third kappa shape index (κ3) is 3.82. The van der Waals surface area contributed by atoms with Crippen LogP contribution in [0.1, 0.15) is 46.0 Å². The molecule has 1 saturated carbocycles. The summed E-state index contributed by atoms with van der Waals surface area (Å²) in [6.45, 7) is 4.28. The highest BCUT2D eigenvalue weighted by molar-refractivity contribution is 7.11. The fourth-order valence-corrected chi connectivity index (χ4v) is 3.44. The number of carbonyl (C=O) groups excluding carboxylic acids is 1. The summed E-state index contributed by atoms with van der Waals surface area (Å²) in [7, 11) is 0. The molecule has 1 aliphatic carbocycles. The van der Waals surface area contributed by atoms with Crippen LogP contribution in [0.5, 0.6) is 5.88 Å². The summed E-state index contributed by atoms with van der Waals surface area (Å²) in [5, 5.41) is 4.35. The van der Waals surface area contributed by atoms with E-state index in [1.54, 1.807) is 23.5 Å². The van der Waals surface area contributed by atoms with Gasteiger partial charge in [0.15, 0.2) is 0 Å². The molecule has 1 atom stereocenters. The topological polar surface area (TPSA) is 64.1 Å². The Morgan fingerprint density at radius 3 is 2.91 bits per heavy atom. The molecule has 0 radical (unpaired) electrons. The first-order valence-corrected chi connectivity index (χ1v) is 8.80. The van der Waals surface area contributed by atoms with Gasteiger partial charge in [0, 0.05) is 11.1 Å². The van der Waals surface area contributed by atoms with Crippen LogP contribution in [0.25, 0.3) is 0 Å². The van der Waals surface area contributed by atoms with Crippen molar-refractivity contribution < 1.29 is 9.53 Å². The maximum atomic E-state index is 12.7. The number of hydrogen-bond donors (Lipinski definition) is 1. The molecule has 0 spiro atoms. The molecule has 3 rings (SSSR count). The van der Waals surface area contributed by atoms with Crippen LogP contribution in [0.15, 0.2) is 18.3 Å². The molecule has 0 aromatic carbocycles. The average molecular weight is 352 g/mol. The number of carbonyl (C=O) groups is 1. The Morgan fingerprint density at radius 1 is 1.52 bits per heavy atom. The van der Waals surface area contributed by atoms with Crippen LogP contribution >= 0.6 is 22.9 Å². The Balaban J connectivity index is 1.82. The number of hydrogen-bond acceptors (Lipinski definition) is 5. The van der Waals surface area contributed by atoms with Crippen molar-refractivity contribution >= 4 is 28.8 Å². The maximum Gasteiger partial charge on any atom is 0.257 e. The van der Waals surface area contributed by atoms with Crippen LogP contribution in [0.3, 0.4) is 0 Å². The molecule has 0 aliphatic heterocycles.